The zero-order chi connectivity index (χ0) is 38.1. The molecule has 0 saturated heterocycles. The zero-order valence-corrected chi connectivity index (χ0v) is 34.3. The van der Waals surface area contributed by atoms with Gasteiger partial charge in [0.25, 0.3) is 8.38 Å². The largest absolute Gasteiger partial charge is 0.530 e. The lowest BCUT2D eigenvalue weighted by atomic mass is 9.95. The van der Waals surface area contributed by atoms with Crippen LogP contribution in [0.15, 0.2) is 121 Å². The van der Waals surface area contributed by atoms with E-state index in [9.17, 15) is 0 Å². The summed E-state index contributed by atoms with van der Waals surface area (Å²) in [6, 6.07) is 40.7. The Morgan fingerprint density at radius 1 is 0.340 bits per heavy atom. The fraction of sp³-hybridized carbons (Fsp3) is 0.217. The summed E-state index contributed by atoms with van der Waals surface area (Å²) >= 11 is 0. The van der Waals surface area contributed by atoms with Gasteiger partial charge in [-0.15, -0.1) is 0 Å². The Morgan fingerprint density at radius 3 is 1.06 bits per heavy atom. The van der Waals surface area contributed by atoms with Crippen LogP contribution in [0.5, 0.6) is 28.7 Å². The van der Waals surface area contributed by atoms with E-state index < -0.39 is 17.0 Å². The highest BCUT2D eigenvalue weighted by molar-refractivity contribution is 7.47. The van der Waals surface area contributed by atoms with Crippen molar-refractivity contribution in [2.24, 2.45) is 0 Å². The van der Waals surface area contributed by atoms with Gasteiger partial charge in [-0.25, -0.2) is 0 Å². The van der Waals surface area contributed by atoms with E-state index in [1.165, 1.54) is 11.1 Å². The van der Waals surface area contributed by atoms with Crippen LogP contribution in [0.4, 0.5) is 0 Å². The number of benzene rings is 6. The second kappa shape index (κ2) is 18.3. The van der Waals surface area contributed by atoms with Crippen LogP contribution in [0.25, 0.3) is 11.1 Å². The first kappa shape index (κ1) is 39.4. The van der Waals surface area contributed by atoms with Crippen molar-refractivity contribution in [1.82, 2.24) is 0 Å². The van der Waals surface area contributed by atoms with Crippen LogP contribution < -0.4 is 22.6 Å². The first-order valence-electron chi connectivity index (χ1n) is 17.7. The number of para-hydroxylation sites is 3. The summed E-state index contributed by atoms with van der Waals surface area (Å²) in [5.41, 5.74) is 11.9. The summed E-state index contributed by atoms with van der Waals surface area (Å²) < 4.78 is 32.7. The van der Waals surface area contributed by atoms with Crippen molar-refractivity contribution >= 4 is 17.0 Å². The summed E-state index contributed by atoms with van der Waals surface area (Å²) in [5, 5.41) is 0. The maximum atomic E-state index is 6.79. The predicted molar refractivity (Wildman–Crippen MR) is 223 cm³/mol. The zero-order valence-electron chi connectivity index (χ0n) is 32.5. The molecule has 0 fully saturated rings. The third kappa shape index (κ3) is 10.6. The summed E-state index contributed by atoms with van der Waals surface area (Å²) in [7, 11) is -3.18. The van der Waals surface area contributed by atoms with Crippen LogP contribution in [0.1, 0.15) is 50.1 Å². The van der Waals surface area contributed by atoms with E-state index in [0.29, 0.717) is 17.2 Å². The van der Waals surface area contributed by atoms with Crippen LogP contribution >= 0.6 is 17.0 Å². The Hall–Kier alpha value is -4.82. The van der Waals surface area contributed by atoms with Crippen LogP contribution in [0.3, 0.4) is 0 Å². The molecule has 0 saturated carbocycles. The molecule has 0 N–H and O–H groups in total. The lowest BCUT2D eigenvalue weighted by Gasteiger charge is -2.24. The second-order valence-corrected chi connectivity index (χ2v) is 15.7. The molecule has 6 aromatic carbocycles. The molecule has 0 spiro atoms. The molecule has 1 atom stereocenters. The maximum absolute atomic E-state index is 6.79. The third-order valence-corrected chi connectivity index (χ3v) is 10.7. The monoisotopic (exact) mass is 744 g/mol. The van der Waals surface area contributed by atoms with Gasteiger partial charge in [0.15, 0.2) is 0 Å². The number of hydrogen-bond acceptors (Lipinski definition) is 5. The lowest BCUT2D eigenvalue weighted by molar-refractivity contribution is 0.385. The summed E-state index contributed by atoms with van der Waals surface area (Å²) in [4.78, 5) is 0. The molecule has 0 aliphatic heterocycles. The van der Waals surface area contributed by atoms with Gasteiger partial charge in [0.1, 0.15) is 28.7 Å². The molecular weight excluding hydrogens is 694 g/mol. The summed E-state index contributed by atoms with van der Waals surface area (Å²) in [5.74, 6) is 3.69. The van der Waals surface area contributed by atoms with Gasteiger partial charge in [-0.05, 0) is 143 Å². The highest BCUT2D eigenvalue weighted by Gasteiger charge is 2.27. The van der Waals surface area contributed by atoms with Gasteiger partial charge in [0, 0.05) is 17.8 Å². The molecule has 0 aliphatic carbocycles. The fourth-order valence-corrected chi connectivity index (χ4v) is 8.02. The molecule has 0 aromatic heterocycles. The molecule has 53 heavy (non-hydrogen) atoms. The average molecular weight is 745 g/mol. The van der Waals surface area contributed by atoms with E-state index in [1.807, 2.05) is 100 Å². The van der Waals surface area contributed by atoms with E-state index in [1.54, 1.807) is 0 Å². The van der Waals surface area contributed by atoms with Crippen LogP contribution in [0.2, 0.25) is 0 Å². The Kier molecular flexibility index (Phi) is 13.6. The second-order valence-electron chi connectivity index (χ2n) is 13.4. The van der Waals surface area contributed by atoms with Crippen molar-refractivity contribution in [1.29, 1.82) is 0 Å². The van der Waals surface area contributed by atoms with Crippen molar-refractivity contribution in [2.45, 2.75) is 62.3 Å². The first-order valence-corrected chi connectivity index (χ1v) is 20.5. The number of hydrogen-bond donors (Lipinski definition) is 0. The Labute approximate surface area is 318 Å². The van der Waals surface area contributed by atoms with Crippen LogP contribution in [-0.4, -0.2) is 6.66 Å². The van der Waals surface area contributed by atoms with Gasteiger partial charge >= 0.3 is 8.60 Å². The van der Waals surface area contributed by atoms with Gasteiger partial charge in [0.05, 0.1) is 0 Å². The van der Waals surface area contributed by atoms with E-state index in [4.69, 9.17) is 22.6 Å². The third-order valence-electron chi connectivity index (χ3n) is 8.79. The quantitative estimate of drug-likeness (QED) is 0.124. The van der Waals surface area contributed by atoms with Crippen molar-refractivity contribution in [2.75, 3.05) is 6.66 Å². The van der Waals surface area contributed by atoms with Crippen molar-refractivity contribution < 1.29 is 22.6 Å². The Balaban J connectivity index is 0.000000599. The SMILES string of the molecule is Cc1cc(C)c(OP(C)Oc2ccccc2C)c(-c2cc(C)cc(C)c2OP(Oc2ccccc2C)Oc2ccccc2C)c1.Cc1ccccc1C. The minimum atomic E-state index is -1.89. The standard InChI is InChI=1S/C38H40O5P2.C8H10/c1-25-21-30(6)37(42-44(8)39-34-18-12-9-15-27(34)3)32(23-25)33-24-26(2)22-31(7)38(33)43-45(40-35-19-13-10-16-28(35)4)41-36-20-14-11-17-29(36)5;1-7-5-3-4-6-8(7)2/h9-24H,1-8H3;3-6H,1-2H3. The molecule has 0 aliphatic rings. The van der Waals surface area contributed by atoms with Crippen molar-refractivity contribution in [3.63, 3.8) is 0 Å². The molecule has 0 radical (unpaired) electrons. The minimum absolute atomic E-state index is 0.684. The molecule has 5 nitrogen and oxygen atoms in total. The smallest absolute Gasteiger partial charge is 0.438 e. The first-order chi connectivity index (χ1) is 25.4. The molecule has 0 bridgehead atoms. The van der Waals surface area contributed by atoms with Crippen LogP contribution in [-0.2, 0) is 0 Å². The molecule has 7 heteroatoms. The van der Waals surface area contributed by atoms with Crippen molar-refractivity contribution in [3.05, 3.63) is 171 Å². The predicted octanol–water partition coefficient (Wildman–Crippen LogP) is 14.0. The van der Waals surface area contributed by atoms with Gasteiger partial charge in [0.2, 0.25) is 0 Å². The van der Waals surface area contributed by atoms with E-state index in [2.05, 4.69) is 90.1 Å². The highest BCUT2D eigenvalue weighted by Crippen LogP contribution is 2.51. The maximum Gasteiger partial charge on any atom is 0.530 e. The Bertz CT molecular complexity index is 2090. The van der Waals surface area contributed by atoms with E-state index >= 15 is 0 Å². The van der Waals surface area contributed by atoms with E-state index in [-0.39, 0.29) is 0 Å². The number of rotatable bonds is 11. The van der Waals surface area contributed by atoms with E-state index in [0.717, 1.165) is 61.6 Å². The Morgan fingerprint density at radius 2 is 0.679 bits per heavy atom. The molecule has 6 rings (SSSR count). The van der Waals surface area contributed by atoms with Gasteiger partial charge in [-0.3, -0.25) is 0 Å². The van der Waals surface area contributed by atoms with Gasteiger partial charge < -0.3 is 22.6 Å². The molecular formula is C46H50O5P2. The van der Waals surface area contributed by atoms with Crippen molar-refractivity contribution in [3.8, 4) is 39.9 Å². The normalized spacial score (nSPS) is 11.3. The van der Waals surface area contributed by atoms with Gasteiger partial charge in [-0.2, -0.15) is 0 Å². The molecule has 274 valence electrons. The topological polar surface area (TPSA) is 46.2 Å². The minimum Gasteiger partial charge on any atom is -0.438 e. The molecule has 6 aromatic rings. The summed E-state index contributed by atoms with van der Waals surface area (Å²) in [6.45, 7) is 20.6. The van der Waals surface area contributed by atoms with Gasteiger partial charge in [-0.1, -0.05) is 91.0 Å². The number of aryl methyl sites for hydroxylation is 9. The average Bonchev–Trinajstić information content (AvgIpc) is 3.11. The van der Waals surface area contributed by atoms with Crippen LogP contribution in [0, 0.1) is 62.3 Å². The fourth-order valence-electron chi connectivity index (χ4n) is 5.77. The molecule has 0 heterocycles. The highest BCUT2D eigenvalue weighted by atomic mass is 31.2. The lowest BCUT2D eigenvalue weighted by Crippen LogP contribution is -2.06. The summed E-state index contributed by atoms with van der Waals surface area (Å²) in [6.07, 6.45) is 0. The molecule has 0 amide bonds. The molecule has 1 unspecified atom stereocenters.